The number of aromatic nitrogens is 8. The van der Waals surface area contributed by atoms with Gasteiger partial charge in [-0.05, 0) is 12.1 Å². The van der Waals surface area contributed by atoms with Crippen molar-refractivity contribution in [2.75, 3.05) is 5.73 Å². The second-order valence-corrected chi connectivity index (χ2v) is 7.44. The molecule has 5 heterocycles. The number of nitrogen functional groups attached to an aromatic ring is 1. The van der Waals surface area contributed by atoms with Crippen LogP contribution in [-0.4, -0.2) is 39.5 Å². The molecule has 0 fully saturated rings. The van der Waals surface area contributed by atoms with Crippen molar-refractivity contribution in [1.82, 2.24) is 39.5 Å². The second kappa shape index (κ2) is 6.23. The van der Waals surface area contributed by atoms with Crippen molar-refractivity contribution in [3.63, 3.8) is 0 Å². The van der Waals surface area contributed by atoms with Crippen LogP contribution in [0.4, 0.5) is 5.95 Å². The van der Waals surface area contributed by atoms with Gasteiger partial charge in [-0.3, -0.25) is 9.89 Å². The van der Waals surface area contributed by atoms with Crippen LogP contribution in [0.3, 0.4) is 0 Å². The van der Waals surface area contributed by atoms with E-state index in [9.17, 15) is 4.79 Å². The van der Waals surface area contributed by atoms with Crippen molar-refractivity contribution in [2.24, 2.45) is 7.05 Å². The summed E-state index contributed by atoms with van der Waals surface area (Å²) in [7, 11) is 1.85. The molecule has 3 N–H and O–H groups in total. The highest BCUT2D eigenvalue weighted by molar-refractivity contribution is 7.19. The molecule has 0 spiro atoms. The minimum Gasteiger partial charge on any atom is -0.368 e. The number of rotatable bonds is 4. The van der Waals surface area contributed by atoms with E-state index in [0.29, 0.717) is 17.6 Å². The second-order valence-electron chi connectivity index (χ2n) is 6.35. The summed E-state index contributed by atoms with van der Waals surface area (Å²) in [6, 6.07) is 3.63. The number of nitrogens with one attached hydrogen (secondary N) is 1. The molecule has 5 aromatic rings. The SMILES string of the molecule is Cn1c2nc(Cc3ccn[nH]3)sc2c2cnn(Cc3ccnc(N)n3)c(=O)c21. The fraction of sp³-hybridized carbons (Fsp3) is 0.176. The van der Waals surface area contributed by atoms with Gasteiger partial charge in [-0.15, -0.1) is 11.3 Å². The molecule has 0 aliphatic rings. The summed E-state index contributed by atoms with van der Waals surface area (Å²) in [6.07, 6.45) is 5.66. The predicted molar refractivity (Wildman–Crippen MR) is 105 cm³/mol. The lowest BCUT2D eigenvalue weighted by molar-refractivity contribution is 0.632. The van der Waals surface area contributed by atoms with E-state index in [1.807, 2.05) is 17.7 Å². The van der Waals surface area contributed by atoms with Gasteiger partial charge >= 0.3 is 0 Å². The van der Waals surface area contributed by atoms with Crippen molar-refractivity contribution in [3.05, 3.63) is 57.5 Å². The van der Waals surface area contributed by atoms with Gasteiger partial charge in [0, 0.05) is 36.9 Å². The lowest BCUT2D eigenvalue weighted by Crippen LogP contribution is -2.25. The third-order valence-electron chi connectivity index (χ3n) is 4.51. The van der Waals surface area contributed by atoms with Crippen LogP contribution in [0.5, 0.6) is 0 Å². The minimum atomic E-state index is -0.197. The fourth-order valence-electron chi connectivity index (χ4n) is 3.22. The fourth-order valence-corrected chi connectivity index (χ4v) is 4.35. The van der Waals surface area contributed by atoms with Gasteiger partial charge in [-0.1, -0.05) is 0 Å². The van der Waals surface area contributed by atoms with Crippen LogP contribution in [0.25, 0.3) is 21.3 Å². The summed E-state index contributed by atoms with van der Waals surface area (Å²) in [5.74, 6) is 0.167. The first kappa shape index (κ1) is 16.6. The molecule has 5 rings (SSSR count). The zero-order chi connectivity index (χ0) is 19.3. The number of nitrogens with zero attached hydrogens (tertiary/aromatic N) is 7. The van der Waals surface area contributed by atoms with Gasteiger partial charge in [0.2, 0.25) is 5.95 Å². The normalized spacial score (nSPS) is 11.6. The van der Waals surface area contributed by atoms with E-state index in [1.54, 1.807) is 36.0 Å². The first-order valence-corrected chi connectivity index (χ1v) is 9.31. The number of nitrogens with two attached hydrogens (primary N) is 1. The Hall–Kier alpha value is -3.60. The molecule has 0 atom stereocenters. The quantitative estimate of drug-likeness (QED) is 0.467. The van der Waals surface area contributed by atoms with E-state index in [1.165, 1.54) is 4.68 Å². The lowest BCUT2D eigenvalue weighted by Gasteiger charge is -2.05. The molecule has 10 nitrogen and oxygen atoms in total. The summed E-state index contributed by atoms with van der Waals surface area (Å²) in [4.78, 5) is 25.7. The standard InChI is InChI=1S/C17H15N9OS/c1-25-13-11(14-15(25)23-12(28-14)6-9-3-5-20-24-9)7-21-26(16(13)27)8-10-2-4-19-17(18)22-10/h2-5,7H,6,8H2,1H3,(H,20,24)(H2,18,19,22). The van der Waals surface area contributed by atoms with E-state index >= 15 is 0 Å². The molecule has 28 heavy (non-hydrogen) atoms. The van der Waals surface area contributed by atoms with E-state index in [0.717, 1.165) is 26.4 Å². The van der Waals surface area contributed by atoms with Gasteiger partial charge < -0.3 is 10.3 Å². The molecule has 0 radical (unpaired) electrons. The highest BCUT2D eigenvalue weighted by Crippen LogP contribution is 2.31. The summed E-state index contributed by atoms with van der Waals surface area (Å²) in [5, 5.41) is 13.0. The molecular formula is C17H15N9OS. The molecule has 0 unspecified atom stereocenters. The average molecular weight is 393 g/mol. The molecule has 0 saturated carbocycles. The van der Waals surface area contributed by atoms with Crippen LogP contribution < -0.4 is 11.3 Å². The molecule has 140 valence electrons. The van der Waals surface area contributed by atoms with Crippen LogP contribution in [0.1, 0.15) is 16.4 Å². The van der Waals surface area contributed by atoms with E-state index in [4.69, 9.17) is 10.7 Å². The summed E-state index contributed by atoms with van der Waals surface area (Å²) in [5.41, 5.74) is 8.38. The van der Waals surface area contributed by atoms with Gasteiger partial charge in [0.15, 0.2) is 5.65 Å². The zero-order valence-corrected chi connectivity index (χ0v) is 15.6. The Morgan fingerprint density at radius 2 is 2.14 bits per heavy atom. The van der Waals surface area contributed by atoms with Crippen LogP contribution in [-0.2, 0) is 20.0 Å². The van der Waals surface area contributed by atoms with Gasteiger partial charge in [0.05, 0.1) is 23.1 Å². The van der Waals surface area contributed by atoms with Crippen molar-refractivity contribution >= 4 is 38.5 Å². The van der Waals surface area contributed by atoms with Gasteiger partial charge in [0.25, 0.3) is 5.56 Å². The molecule has 0 amide bonds. The van der Waals surface area contributed by atoms with E-state index in [-0.39, 0.29) is 18.1 Å². The molecule has 5 aromatic heterocycles. The molecule has 11 heteroatoms. The number of hydrogen-bond donors (Lipinski definition) is 2. The Balaban J connectivity index is 1.59. The number of anilines is 1. The lowest BCUT2D eigenvalue weighted by atomic mass is 10.3. The Labute approximate surface area is 161 Å². The maximum Gasteiger partial charge on any atom is 0.291 e. The molecule has 0 aliphatic carbocycles. The van der Waals surface area contributed by atoms with Crippen molar-refractivity contribution in [2.45, 2.75) is 13.0 Å². The number of thiazole rings is 1. The highest BCUT2D eigenvalue weighted by Gasteiger charge is 2.18. The highest BCUT2D eigenvalue weighted by atomic mass is 32.1. The topological polar surface area (TPSA) is 133 Å². The zero-order valence-electron chi connectivity index (χ0n) is 14.8. The Kier molecular flexibility index (Phi) is 3.69. The smallest absolute Gasteiger partial charge is 0.291 e. The van der Waals surface area contributed by atoms with Gasteiger partial charge in [0.1, 0.15) is 10.5 Å². The number of H-pyrrole nitrogens is 1. The van der Waals surface area contributed by atoms with Crippen molar-refractivity contribution in [3.8, 4) is 0 Å². The molecule has 0 bridgehead atoms. The number of aromatic amines is 1. The third kappa shape index (κ3) is 2.63. The van der Waals surface area contributed by atoms with E-state index in [2.05, 4.69) is 25.3 Å². The van der Waals surface area contributed by atoms with Crippen LogP contribution in [0.2, 0.25) is 0 Å². The van der Waals surface area contributed by atoms with Gasteiger partial charge in [-0.2, -0.15) is 10.2 Å². The number of hydrogen-bond acceptors (Lipinski definition) is 8. The Morgan fingerprint density at radius 1 is 1.25 bits per heavy atom. The molecule has 0 aliphatic heterocycles. The molecule has 0 aromatic carbocycles. The summed E-state index contributed by atoms with van der Waals surface area (Å²) < 4.78 is 4.15. The largest absolute Gasteiger partial charge is 0.368 e. The third-order valence-corrected chi connectivity index (χ3v) is 5.59. The Morgan fingerprint density at radius 3 is 2.93 bits per heavy atom. The number of fused-ring (bicyclic) bond motifs is 3. The molecule has 0 saturated heterocycles. The predicted octanol–water partition coefficient (Wildman–Crippen LogP) is 1.08. The van der Waals surface area contributed by atoms with Crippen molar-refractivity contribution in [1.29, 1.82) is 0 Å². The summed E-state index contributed by atoms with van der Waals surface area (Å²) in [6.45, 7) is 0.221. The van der Waals surface area contributed by atoms with Crippen molar-refractivity contribution < 1.29 is 0 Å². The Bertz CT molecular complexity index is 1360. The van der Waals surface area contributed by atoms with Crippen LogP contribution in [0, 0.1) is 0 Å². The maximum absolute atomic E-state index is 13.0. The first-order chi connectivity index (χ1) is 13.6. The van der Waals surface area contributed by atoms with E-state index < -0.39 is 0 Å². The molecular weight excluding hydrogens is 378 g/mol. The first-order valence-electron chi connectivity index (χ1n) is 8.49. The minimum absolute atomic E-state index is 0.167. The maximum atomic E-state index is 13.0. The van der Waals surface area contributed by atoms with Gasteiger partial charge in [-0.25, -0.2) is 19.6 Å². The summed E-state index contributed by atoms with van der Waals surface area (Å²) >= 11 is 1.56. The van der Waals surface area contributed by atoms with Crippen LogP contribution in [0.15, 0.2) is 35.5 Å². The average Bonchev–Trinajstić information content (AvgIpc) is 3.37. The monoisotopic (exact) mass is 393 g/mol. The number of aryl methyl sites for hydroxylation is 1. The van der Waals surface area contributed by atoms with Crippen LogP contribution >= 0.6 is 11.3 Å².